The van der Waals surface area contributed by atoms with E-state index in [2.05, 4.69) is 37.1 Å². The largest absolute Gasteiger partial charge is 0.487 e. The van der Waals surface area contributed by atoms with Crippen molar-refractivity contribution in [1.29, 1.82) is 0 Å². The van der Waals surface area contributed by atoms with Gasteiger partial charge in [0, 0.05) is 47.7 Å². The average Bonchev–Trinajstić information content (AvgIpc) is 3.20. The Kier molecular flexibility index (Phi) is 6.18. The third-order valence-electron chi connectivity index (χ3n) is 5.09. The number of nitrogens with one attached hydrogen (secondary N) is 1. The summed E-state index contributed by atoms with van der Waals surface area (Å²) in [7, 11) is 0. The molecule has 0 bridgehead atoms. The first kappa shape index (κ1) is 21.9. The van der Waals surface area contributed by atoms with Crippen molar-refractivity contribution >= 4 is 29.0 Å². The van der Waals surface area contributed by atoms with E-state index in [1.807, 2.05) is 6.07 Å². The molecule has 1 saturated heterocycles. The van der Waals surface area contributed by atoms with E-state index >= 15 is 0 Å². The summed E-state index contributed by atoms with van der Waals surface area (Å²) in [5, 5.41) is 10.5. The third kappa shape index (κ3) is 5.28. The molecule has 1 atom stereocenters. The van der Waals surface area contributed by atoms with Gasteiger partial charge in [0.25, 0.3) is 5.91 Å². The van der Waals surface area contributed by atoms with Gasteiger partial charge in [-0.3, -0.25) is 4.79 Å². The van der Waals surface area contributed by atoms with Gasteiger partial charge in [0.05, 0.1) is 18.0 Å². The molecule has 3 heterocycles. The first-order valence-corrected chi connectivity index (χ1v) is 10.4. The van der Waals surface area contributed by atoms with Crippen LogP contribution in [0.5, 0.6) is 5.75 Å². The van der Waals surface area contributed by atoms with Crippen molar-refractivity contribution in [2.24, 2.45) is 5.92 Å². The van der Waals surface area contributed by atoms with E-state index in [1.165, 1.54) is 30.5 Å². The first-order chi connectivity index (χ1) is 15.3. The van der Waals surface area contributed by atoms with Crippen molar-refractivity contribution in [3.05, 3.63) is 60.6 Å². The van der Waals surface area contributed by atoms with Crippen molar-refractivity contribution in [3.63, 3.8) is 0 Å². The van der Waals surface area contributed by atoms with Crippen molar-refractivity contribution in [2.75, 3.05) is 23.3 Å². The van der Waals surface area contributed by atoms with Crippen LogP contribution in [0.4, 0.5) is 20.3 Å². The van der Waals surface area contributed by atoms with Gasteiger partial charge in [-0.25, -0.2) is 4.98 Å². The van der Waals surface area contributed by atoms with Crippen LogP contribution in [-0.4, -0.2) is 39.7 Å². The molecule has 1 aromatic carbocycles. The van der Waals surface area contributed by atoms with Crippen LogP contribution in [0.1, 0.15) is 23.7 Å². The molecule has 2 aromatic heterocycles. The van der Waals surface area contributed by atoms with Gasteiger partial charge in [-0.2, -0.15) is 10.2 Å². The Labute approximate surface area is 188 Å². The quantitative estimate of drug-likeness (QED) is 0.533. The Bertz CT molecular complexity index is 1090. The number of carbonyl (C=O) groups excluding carboxylic acids is 1. The molecule has 1 N–H and O–H groups in total. The summed E-state index contributed by atoms with van der Waals surface area (Å²) < 4.78 is 29.8. The fraction of sp³-hybridized carbons (Fsp3) is 0.273. The highest BCUT2D eigenvalue weighted by Gasteiger charge is 2.27. The normalized spacial score (nSPS) is 16.1. The molecule has 1 aliphatic heterocycles. The van der Waals surface area contributed by atoms with Crippen molar-refractivity contribution in [1.82, 2.24) is 15.2 Å². The van der Waals surface area contributed by atoms with Gasteiger partial charge in [0.2, 0.25) is 0 Å². The summed E-state index contributed by atoms with van der Waals surface area (Å²) in [6.07, 6.45) is 5.82. The summed E-state index contributed by atoms with van der Waals surface area (Å²) in [4.78, 5) is 19.6. The number of hydrogen-bond donors (Lipinski definition) is 1. The van der Waals surface area contributed by atoms with E-state index in [-0.39, 0.29) is 5.75 Å². The van der Waals surface area contributed by atoms with E-state index < -0.39 is 11.5 Å². The molecule has 3 aromatic rings. The van der Waals surface area contributed by atoms with E-state index in [1.54, 1.807) is 18.5 Å². The molecule has 1 amide bonds. The minimum atomic E-state index is -3.80. The molecule has 0 unspecified atom stereocenters. The molecule has 0 saturated carbocycles. The zero-order valence-electron chi connectivity index (χ0n) is 17.1. The molecular weight excluding hydrogens is 440 g/mol. The number of benzene rings is 1. The lowest BCUT2D eigenvalue weighted by Gasteiger charge is -2.21. The summed E-state index contributed by atoms with van der Waals surface area (Å²) in [5.41, 5.74) is -1.45. The minimum Gasteiger partial charge on any atom is -0.420 e. The smallest absolute Gasteiger partial charge is 0.420 e. The highest BCUT2D eigenvalue weighted by molar-refractivity contribution is 6.20. The van der Waals surface area contributed by atoms with Gasteiger partial charge in [0.1, 0.15) is 11.6 Å². The monoisotopic (exact) mass is 459 g/mol. The molecule has 0 spiro atoms. The molecular formula is C22H20ClF2N5O2. The Balaban J connectivity index is 1.57. The Morgan fingerprint density at radius 1 is 1.22 bits per heavy atom. The molecule has 10 heteroatoms. The maximum atomic E-state index is 12.8. The van der Waals surface area contributed by atoms with E-state index in [4.69, 9.17) is 11.6 Å². The molecule has 32 heavy (non-hydrogen) atoms. The molecule has 7 nitrogen and oxygen atoms in total. The number of alkyl halides is 3. The molecule has 1 aliphatic rings. The number of pyridine rings is 1. The zero-order chi connectivity index (χ0) is 22.7. The van der Waals surface area contributed by atoms with Crippen LogP contribution < -0.4 is 15.0 Å². The predicted molar refractivity (Wildman–Crippen MR) is 117 cm³/mol. The zero-order valence-corrected chi connectivity index (χ0v) is 17.9. The first-order valence-electron chi connectivity index (χ1n) is 9.98. The maximum absolute atomic E-state index is 12.8. The number of nitrogens with zero attached hydrogens (tertiary/aromatic N) is 4. The number of hydrogen-bond acceptors (Lipinski definition) is 6. The lowest BCUT2D eigenvalue weighted by molar-refractivity contribution is -0.0964. The molecule has 0 radical (unpaired) electrons. The topological polar surface area (TPSA) is 80.2 Å². The number of amides is 1. The fourth-order valence-corrected chi connectivity index (χ4v) is 3.66. The van der Waals surface area contributed by atoms with Crippen molar-refractivity contribution in [2.45, 2.75) is 18.9 Å². The lowest BCUT2D eigenvalue weighted by atomic mass is 10.1. The van der Waals surface area contributed by atoms with Crippen LogP contribution in [0.25, 0.3) is 11.1 Å². The van der Waals surface area contributed by atoms with E-state index in [0.717, 1.165) is 36.5 Å². The van der Waals surface area contributed by atoms with E-state index in [9.17, 15) is 13.6 Å². The van der Waals surface area contributed by atoms with Crippen LogP contribution in [0.3, 0.4) is 0 Å². The summed E-state index contributed by atoms with van der Waals surface area (Å²) in [6, 6.07) is 9.04. The van der Waals surface area contributed by atoms with Gasteiger partial charge in [-0.15, -0.1) is 8.78 Å². The average molecular weight is 460 g/mol. The molecule has 0 aliphatic carbocycles. The summed E-state index contributed by atoms with van der Waals surface area (Å²) in [6.45, 7) is 3.97. The van der Waals surface area contributed by atoms with Gasteiger partial charge < -0.3 is 15.0 Å². The second-order valence-electron chi connectivity index (χ2n) is 7.59. The Morgan fingerprint density at radius 3 is 2.62 bits per heavy atom. The van der Waals surface area contributed by atoms with Crippen molar-refractivity contribution in [3.8, 4) is 16.9 Å². The second-order valence-corrected chi connectivity index (χ2v) is 8.03. The standard InChI is InChI=1S/C22H20ClF2N5O2/c1-14-7-9-30(13-14)20-19(15-6-8-27-28-12-15)10-16(11-26-20)21(31)29-17-2-4-18(5-3-17)32-22(23,24)25/h2-6,8,10-12,14H,7,9,13H2,1H3,(H,29,31)/t14-/m1/s1. The van der Waals surface area contributed by atoms with E-state index in [0.29, 0.717) is 17.2 Å². The maximum Gasteiger partial charge on any atom is 0.487 e. The highest BCUT2D eigenvalue weighted by atomic mass is 35.5. The molecule has 4 rings (SSSR count). The number of halogens is 3. The number of rotatable bonds is 6. The predicted octanol–water partition coefficient (Wildman–Crippen LogP) is 4.81. The summed E-state index contributed by atoms with van der Waals surface area (Å²) >= 11 is 4.76. The van der Waals surface area contributed by atoms with Crippen LogP contribution in [-0.2, 0) is 0 Å². The minimum absolute atomic E-state index is 0.124. The number of anilines is 2. The van der Waals surface area contributed by atoms with Crippen LogP contribution in [0, 0.1) is 5.92 Å². The van der Waals surface area contributed by atoms with Crippen molar-refractivity contribution < 1.29 is 18.3 Å². The van der Waals surface area contributed by atoms with Gasteiger partial charge in [-0.1, -0.05) is 6.92 Å². The lowest BCUT2D eigenvalue weighted by Crippen LogP contribution is -2.22. The fourth-order valence-electron chi connectivity index (χ4n) is 3.57. The SMILES string of the molecule is C[C@@H]1CCN(c2ncc(C(=O)Nc3ccc(OC(F)(F)Cl)cc3)cc2-c2ccnnc2)C1. The van der Waals surface area contributed by atoms with Gasteiger partial charge in [0.15, 0.2) is 0 Å². The highest BCUT2D eigenvalue weighted by Crippen LogP contribution is 2.33. The Morgan fingerprint density at radius 2 is 2.00 bits per heavy atom. The summed E-state index contributed by atoms with van der Waals surface area (Å²) in [5.74, 6) is 0.844. The second kappa shape index (κ2) is 9.04. The Hall–Kier alpha value is -3.33. The van der Waals surface area contributed by atoms with Gasteiger partial charge >= 0.3 is 5.57 Å². The molecule has 166 valence electrons. The number of aromatic nitrogens is 3. The number of ether oxygens (including phenoxy) is 1. The number of carbonyl (C=O) groups is 1. The van der Waals surface area contributed by atoms with Gasteiger partial charge in [-0.05, 0) is 48.7 Å². The third-order valence-corrected chi connectivity index (χ3v) is 5.17. The van der Waals surface area contributed by atoms with Crippen LogP contribution in [0.15, 0.2) is 55.0 Å². The van der Waals surface area contributed by atoms with Crippen LogP contribution in [0.2, 0.25) is 0 Å². The molecule has 1 fully saturated rings. The van der Waals surface area contributed by atoms with Crippen LogP contribution >= 0.6 is 11.6 Å².